The Kier molecular flexibility index (Phi) is 7.22. The molecule has 1 aliphatic rings. The van der Waals surface area contributed by atoms with Crippen LogP contribution in [-0.4, -0.2) is 50.4 Å². The fraction of sp³-hybridized carbons (Fsp3) is 0.435. The van der Waals surface area contributed by atoms with Gasteiger partial charge in [0.25, 0.3) is 0 Å². The Bertz CT molecular complexity index is 820. The predicted molar refractivity (Wildman–Crippen MR) is 119 cm³/mol. The molecule has 0 bridgehead atoms. The molecular weight excluding hydrogens is 364 g/mol. The van der Waals surface area contributed by atoms with Crippen LogP contribution in [0.5, 0.6) is 11.5 Å². The molecule has 1 aliphatic heterocycles. The van der Waals surface area contributed by atoms with Crippen molar-refractivity contribution in [2.75, 3.05) is 38.2 Å². The van der Waals surface area contributed by atoms with Gasteiger partial charge in [-0.3, -0.25) is 4.99 Å². The lowest BCUT2D eigenvalue weighted by Gasteiger charge is -2.20. The lowest BCUT2D eigenvalue weighted by molar-refractivity contribution is 0.406. The molecule has 2 aromatic carbocycles. The van der Waals surface area contributed by atoms with Gasteiger partial charge >= 0.3 is 0 Å². The van der Waals surface area contributed by atoms with Crippen LogP contribution in [0.3, 0.4) is 0 Å². The second kappa shape index (κ2) is 10.0. The minimum atomic E-state index is 0.252. The molecule has 0 aromatic heterocycles. The van der Waals surface area contributed by atoms with E-state index < -0.39 is 0 Å². The first-order valence-corrected chi connectivity index (χ1v) is 10.3. The minimum Gasteiger partial charge on any atom is -0.508 e. The highest BCUT2D eigenvalue weighted by Crippen LogP contribution is 2.24. The first-order valence-electron chi connectivity index (χ1n) is 10.3. The highest BCUT2D eigenvalue weighted by Gasteiger charge is 2.23. The van der Waals surface area contributed by atoms with Gasteiger partial charge in [0, 0.05) is 44.0 Å². The zero-order valence-electron chi connectivity index (χ0n) is 17.6. The SMILES string of the molecule is CCNC(=NCCc1ccc(OC)cc1O)NC1CCN(c2ccc(C)cc2)C1. The summed E-state index contributed by atoms with van der Waals surface area (Å²) in [6.45, 7) is 7.60. The third-order valence-corrected chi connectivity index (χ3v) is 5.22. The van der Waals surface area contributed by atoms with Crippen molar-refractivity contribution in [3.05, 3.63) is 53.6 Å². The quantitative estimate of drug-likeness (QED) is 0.496. The third kappa shape index (κ3) is 5.79. The van der Waals surface area contributed by atoms with Crippen molar-refractivity contribution in [1.82, 2.24) is 10.6 Å². The summed E-state index contributed by atoms with van der Waals surface area (Å²) in [7, 11) is 1.59. The van der Waals surface area contributed by atoms with Crippen LogP contribution in [0.1, 0.15) is 24.5 Å². The summed E-state index contributed by atoms with van der Waals surface area (Å²) < 4.78 is 5.13. The summed E-state index contributed by atoms with van der Waals surface area (Å²) in [4.78, 5) is 7.11. The van der Waals surface area contributed by atoms with Gasteiger partial charge < -0.3 is 25.4 Å². The number of benzene rings is 2. The molecule has 6 heteroatoms. The Hall–Kier alpha value is -2.89. The van der Waals surface area contributed by atoms with Crippen LogP contribution in [0.25, 0.3) is 0 Å². The average molecular weight is 397 g/mol. The smallest absolute Gasteiger partial charge is 0.191 e. The number of aryl methyl sites for hydroxylation is 1. The van der Waals surface area contributed by atoms with E-state index in [1.807, 2.05) is 12.1 Å². The average Bonchev–Trinajstić information content (AvgIpc) is 3.18. The Balaban J connectivity index is 1.55. The first kappa shape index (κ1) is 20.8. The summed E-state index contributed by atoms with van der Waals surface area (Å²) in [6.07, 6.45) is 1.75. The molecule has 0 amide bonds. The van der Waals surface area contributed by atoms with E-state index in [0.29, 0.717) is 24.8 Å². The molecule has 0 spiro atoms. The van der Waals surface area contributed by atoms with Gasteiger partial charge in [-0.2, -0.15) is 0 Å². The van der Waals surface area contributed by atoms with Crippen LogP contribution in [0.15, 0.2) is 47.5 Å². The van der Waals surface area contributed by atoms with E-state index in [-0.39, 0.29) is 5.75 Å². The van der Waals surface area contributed by atoms with Crippen molar-refractivity contribution >= 4 is 11.6 Å². The maximum Gasteiger partial charge on any atom is 0.191 e. The fourth-order valence-electron chi connectivity index (χ4n) is 3.55. The summed E-state index contributed by atoms with van der Waals surface area (Å²) in [6, 6.07) is 14.5. The molecule has 3 rings (SSSR count). The number of anilines is 1. The van der Waals surface area contributed by atoms with Crippen molar-refractivity contribution in [2.24, 2.45) is 4.99 Å². The van der Waals surface area contributed by atoms with Crippen LogP contribution < -0.4 is 20.3 Å². The number of hydrogen-bond acceptors (Lipinski definition) is 4. The van der Waals surface area contributed by atoms with E-state index in [1.54, 1.807) is 13.2 Å². The fourth-order valence-corrected chi connectivity index (χ4v) is 3.55. The van der Waals surface area contributed by atoms with Crippen LogP contribution >= 0.6 is 0 Å². The van der Waals surface area contributed by atoms with Crippen molar-refractivity contribution in [3.63, 3.8) is 0 Å². The van der Waals surface area contributed by atoms with Gasteiger partial charge in [0.15, 0.2) is 5.96 Å². The molecule has 0 aliphatic carbocycles. The molecule has 1 unspecified atom stereocenters. The van der Waals surface area contributed by atoms with E-state index in [2.05, 4.69) is 53.6 Å². The topological polar surface area (TPSA) is 69.1 Å². The Morgan fingerprint density at radius 2 is 2.03 bits per heavy atom. The van der Waals surface area contributed by atoms with E-state index in [1.165, 1.54) is 11.3 Å². The molecule has 3 N–H and O–H groups in total. The zero-order valence-corrected chi connectivity index (χ0v) is 17.6. The van der Waals surface area contributed by atoms with Crippen molar-refractivity contribution < 1.29 is 9.84 Å². The van der Waals surface area contributed by atoms with Crippen molar-refractivity contribution in [3.8, 4) is 11.5 Å². The van der Waals surface area contributed by atoms with Crippen LogP contribution in [-0.2, 0) is 6.42 Å². The highest BCUT2D eigenvalue weighted by atomic mass is 16.5. The molecule has 156 valence electrons. The first-order chi connectivity index (χ1) is 14.1. The van der Waals surface area contributed by atoms with Gasteiger partial charge in [-0.1, -0.05) is 23.8 Å². The largest absolute Gasteiger partial charge is 0.508 e. The highest BCUT2D eigenvalue weighted by molar-refractivity contribution is 5.80. The standard InChI is InChI=1S/C23H32N4O2/c1-4-24-23(25-13-11-18-7-10-21(29-3)15-22(18)28)26-19-12-14-27(16-19)20-8-5-17(2)6-9-20/h5-10,15,19,28H,4,11-14,16H2,1-3H3,(H2,24,25,26). The van der Waals surface area contributed by atoms with E-state index in [0.717, 1.165) is 37.6 Å². The summed E-state index contributed by atoms with van der Waals surface area (Å²) in [5.74, 6) is 1.74. The molecule has 0 radical (unpaired) electrons. The van der Waals surface area contributed by atoms with Crippen molar-refractivity contribution in [2.45, 2.75) is 32.7 Å². The minimum absolute atomic E-state index is 0.252. The second-order valence-corrected chi connectivity index (χ2v) is 7.42. The Morgan fingerprint density at radius 1 is 1.24 bits per heavy atom. The molecule has 2 aromatic rings. The van der Waals surface area contributed by atoms with Crippen molar-refractivity contribution in [1.29, 1.82) is 0 Å². The number of guanidine groups is 1. The predicted octanol–water partition coefficient (Wildman–Crippen LogP) is 3.09. The third-order valence-electron chi connectivity index (χ3n) is 5.22. The van der Waals surface area contributed by atoms with Gasteiger partial charge in [-0.15, -0.1) is 0 Å². The lowest BCUT2D eigenvalue weighted by atomic mass is 10.1. The lowest BCUT2D eigenvalue weighted by Crippen LogP contribution is -2.44. The Morgan fingerprint density at radius 3 is 2.72 bits per heavy atom. The zero-order chi connectivity index (χ0) is 20.6. The number of aliphatic imine (C=N–C) groups is 1. The van der Waals surface area contributed by atoms with E-state index in [9.17, 15) is 5.11 Å². The van der Waals surface area contributed by atoms with Gasteiger partial charge in [0.1, 0.15) is 11.5 Å². The number of ether oxygens (including phenoxy) is 1. The number of rotatable bonds is 7. The maximum atomic E-state index is 10.1. The normalized spacial score (nSPS) is 16.7. The monoisotopic (exact) mass is 396 g/mol. The molecule has 0 saturated carbocycles. The molecule has 1 saturated heterocycles. The van der Waals surface area contributed by atoms with Gasteiger partial charge in [-0.25, -0.2) is 0 Å². The number of hydrogen-bond donors (Lipinski definition) is 3. The maximum absolute atomic E-state index is 10.1. The Labute approximate surface area is 173 Å². The molecule has 1 atom stereocenters. The second-order valence-electron chi connectivity index (χ2n) is 7.42. The molecule has 1 fully saturated rings. The summed E-state index contributed by atoms with van der Waals surface area (Å²) in [5.41, 5.74) is 3.43. The van der Waals surface area contributed by atoms with E-state index in [4.69, 9.17) is 9.73 Å². The van der Waals surface area contributed by atoms with Crippen LogP contribution in [0.2, 0.25) is 0 Å². The number of nitrogens with zero attached hydrogens (tertiary/aromatic N) is 2. The molecule has 1 heterocycles. The number of phenolic OH excluding ortho intramolecular Hbond substituents is 1. The number of methoxy groups -OCH3 is 1. The molecular formula is C23H32N4O2. The van der Waals surface area contributed by atoms with Gasteiger partial charge in [0.2, 0.25) is 0 Å². The molecule has 29 heavy (non-hydrogen) atoms. The van der Waals surface area contributed by atoms with Gasteiger partial charge in [-0.05, 0) is 50.5 Å². The summed E-state index contributed by atoms with van der Waals surface area (Å²) >= 11 is 0. The van der Waals surface area contributed by atoms with E-state index >= 15 is 0 Å². The number of nitrogens with one attached hydrogen (secondary N) is 2. The number of aromatic hydroxyl groups is 1. The van der Waals surface area contributed by atoms with Gasteiger partial charge in [0.05, 0.1) is 7.11 Å². The van der Waals surface area contributed by atoms with Crippen LogP contribution in [0.4, 0.5) is 5.69 Å². The number of phenols is 1. The summed E-state index contributed by atoms with van der Waals surface area (Å²) in [5, 5.41) is 17.0. The molecule has 6 nitrogen and oxygen atoms in total. The van der Waals surface area contributed by atoms with Crippen LogP contribution in [0, 0.1) is 6.92 Å².